The fourth-order valence-corrected chi connectivity index (χ4v) is 4.15. The minimum atomic E-state index is -1.34. The molecule has 1 aliphatic carbocycles. The predicted molar refractivity (Wildman–Crippen MR) is 127 cm³/mol. The van der Waals surface area contributed by atoms with Gasteiger partial charge in [0.1, 0.15) is 17.3 Å². The Morgan fingerprint density at radius 3 is 2.64 bits per heavy atom. The summed E-state index contributed by atoms with van der Waals surface area (Å²) in [6, 6.07) is 16.8. The highest BCUT2D eigenvalue weighted by atomic mass is 35.5. The highest BCUT2D eigenvalue weighted by molar-refractivity contribution is 6.30. The molecule has 0 fully saturated rings. The Bertz CT molecular complexity index is 1140. The summed E-state index contributed by atoms with van der Waals surface area (Å²) < 4.78 is 19.4. The number of aryl methyl sites for hydroxylation is 1. The number of fused-ring (bicyclic) bond motifs is 1. The minimum Gasteiger partial charge on any atom is -0.478 e. The summed E-state index contributed by atoms with van der Waals surface area (Å²) in [5.74, 6) is -1.32. The second-order valence-corrected chi connectivity index (χ2v) is 8.33. The van der Waals surface area contributed by atoms with E-state index < -0.39 is 23.5 Å². The largest absolute Gasteiger partial charge is 0.478 e. The lowest BCUT2D eigenvalue weighted by Crippen LogP contribution is -2.37. The number of carboxylic acids is 1. The zero-order valence-corrected chi connectivity index (χ0v) is 19.2. The number of nitrogens with one attached hydrogen (secondary N) is 1. The van der Waals surface area contributed by atoms with Gasteiger partial charge in [0, 0.05) is 17.6 Å². The average molecular weight is 492 g/mol. The van der Waals surface area contributed by atoms with E-state index in [-0.39, 0.29) is 24.2 Å². The molecule has 1 aliphatic rings. The van der Waals surface area contributed by atoms with E-state index in [0.29, 0.717) is 17.3 Å². The second-order valence-electron chi connectivity index (χ2n) is 7.90. The molecule has 0 radical (unpaired) electrons. The first-order valence-electron chi connectivity index (χ1n) is 10.4. The zero-order chi connectivity index (χ0) is 22.7. The van der Waals surface area contributed by atoms with Crippen molar-refractivity contribution in [2.24, 2.45) is 0 Å². The van der Waals surface area contributed by atoms with E-state index in [2.05, 4.69) is 5.32 Å². The van der Waals surface area contributed by atoms with Crippen LogP contribution in [0, 0.1) is 5.82 Å². The van der Waals surface area contributed by atoms with E-state index in [9.17, 15) is 14.3 Å². The van der Waals surface area contributed by atoms with Crippen LogP contribution < -0.4 is 10.1 Å². The quantitative estimate of drug-likeness (QED) is 0.402. The molecule has 0 unspecified atom stereocenters. The number of aromatic carboxylic acids is 1. The van der Waals surface area contributed by atoms with Crippen LogP contribution in [0.2, 0.25) is 5.02 Å². The number of hydrogen-bond acceptors (Lipinski definition) is 4. The molecule has 3 N–H and O–H groups in total. The zero-order valence-electron chi connectivity index (χ0n) is 17.6. The summed E-state index contributed by atoms with van der Waals surface area (Å²) in [5, 5.41) is 23.6. The maximum absolute atomic E-state index is 13.6. The molecule has 8 heteroatoms. The van der Waals surface area contributed by atoms with Gasteiger partial charge in [-0.05, 0) is 78.4 Å². The number of rotatable bonds is 7. The van der Waals surface area contributed by atoms with Crippen molar-refractivity contribution >= 4 is 30.0 Å². The number of benzene rings is 3. The van der Waals surface area contributed by atoms with Gasteiger partial charge < -0.3 is 20.3 Å². The Morgan fingerprint density at radius 1 is 1.12 bits per heavy atom. The third-order valence-corrected chi connectivity index (χ3v) is 5.88. The van der Waals surface area contributed by atoms with E-state index in [1.54, 1.807) is 12.1 Å². The lowest BCUT2D eigenvalue weighted by atomic mass is 9.88. The van der Waals surface area contributed by atoms with Crippen molar-refractivity contribution in [1.29, 1.82) is 0 Å². The van der Waals surface area contributed by atoms with Gasteiger partial charge in [-0.1, -0.05) is 29.8 Å². The van der Waals surface area contributed by atoms with Crippen LogP contribution >= 0.6 is 24.0 Å². The molecule has 0 saturated heterocycles. The highest BCUT2D eigenvalue weighted by Gasteiger charge is 2.20. The molecular weight excluding hydrogens is 468 g/mol. The van der Waals surface area contributed by atoms with Gasteiger partial charge in [0.25, 0.3) is 0 Å². The Hall–Kier alpha value is -2.64. The molecule has 0 spiro atoms. The van der Waals surface area contributed by atoms with Gasteiger partial charge in [-0.15, -0.1) is 12.4 Å². The van der Waals surface area contributed by atoms with Crippen LogP contribution in [-0.4, -0.2) is 28.8 Å². The summed E-state index contributed by atoms with van der Waals surface area (Å²) in [5.41, 5.74) is 2.71. The van der Waals surface area contributed by atoms with E-state index in [1.807, 2.05) is 30.3 Å². The van der Waals surface area contributed by atoms with Crippen molar-refractivity contribution in [2.45, 2.75) is 31.4 Å². The van der Waals surface area contributed by atoms with Gasteiger partial charge in [-0.2, -0.15) is 0 Å². The van der Waals surface area contributed by atoms with E-state index in [0.717, 1.165) is 36.5 Å². The number of aliphatic hydroxyl groups excluding tert-OH is 1. The lowest BCUT2D eigenvalue weighted by Gasteiger charge is -2.27. The van der Waals surface area contributed by atoms with Crippen LogP contribution in [0.25, 0.3) is 0 Å². The molecule has 4 rings (SSSR count). The molecule has 174 valence electrons. The topological polar surface area (TPSA) is 78.8 Å². The van der Waals surface area contributed by atoms with E-state index in [4.69, 9.17) is 21.4 Å². The Morgan fingerprint density at radius 2 is 1.88 bits per heavy atom. The second kappa shape index (κ2) is 11.0. The molecule has 33 heavy (non-hydrogen) atoms. The van der Waals surface area contributed by atoms with Crippen LogP contribution in [0.5, 0.6) is 11.5 Å². The van der Waals surface area contributed by atoms with Gasteiger partial charge in [0.15, 0.2) is 0 Å². The number of aliphatic hydroxyl groups is 1. The normalized spacial score (nSPS) is 15.8. The fourth-order valence-electron chi connectivity index (χ4n) is 3.95. The Kier molecular flexibility index (Phi) is 8.32. The van der Waals surface area contributed by atoms with Crippen molar-refractivity contribution in [2.75, 3.05) is 6.54 Å². The van der Waals surface area contributed by atoms with Crippen molar-refractivity contribution in [3.63, 3.8) is 0 Å². The number of carbonyl (C=O) groups is 1. The summed E-state index contributed by atoms with van der Waals surface area (Å²) in [6.07, 6.45) is 1.99. The molecule has 2 atom stereocenters. The van der Waals surface area contributed by atoms with Gasteiger partial charge in [-0.3, -0.25) is 0 Å². The summed E-state index contributed by atoms with van der Waals surface area (Å²) in [6.45, 7) is 0.421. The number of ether oxygens (including phenoxy) is 1. The molecule has 0 amide bonds. The van der Waals surface area contributed by atoms with Crippen LogP contribution in [0.4, 0.5) is 4.39 Å². The smallest absolute Gasteiger partial charge is 0.338 e. The van der Waals surface area contributed by atoms with Crippen molar-refractivity contribution in [1.82, 2.24) is 5.32 Å². The summed E-state index contributed by atoms with van der Waals surface area (Å²) in [4.78, 5) is 11.1. The van der Waals surface area contributed by atoms with Gasteiger partial charge in [0.2, 0.25) is 0 Å². The monoisotopic (exact) mass is 491 g/mol. The van der Waals surface area contributed by atoms with Crippen LogP contribution in [0.3, 0.4) is 0 Å². The van der Waals surface area contributed by atoms with Crippen LogP contribution in [-0.2, 0) is 12.8 Å². The highest BCUT2D eigenvalue weighted by Crippen LogP contribution is 2.30. The van der Waals surface area contributed by atoms with Crippen molar-refractivity contribution in [3.05, 3.63) is 93.8 Å². The lowest BCUT2D eigenvalue weighted by molar-refractivity contribution is 0.0691. The first-order chi connectivity index (χ1) is 15.4. The SMILES string of the molecule is Cl.O=C(O)c1cc(Oc2ccc3c(c2)C[C@@H](NC[C@@H](O)c2cccc(Cl)c2)CC3)ccc1F. The molecule has 0 heterocycles. The molecule has 0 saturated carbocycles. The first kappa shape index (κ1) is 25.0. The maximum atomic E-state index is 13.6. The van der Waals surface area contributed by atoms with E-state index >= 15 is 0 Å². The molecule has 0 aliphatic heterocycles. The third-order valence-electron chi connectivity index (χ3n) is 5.64. The molecule has 0 aromatic heterocycles. The maximum Gasteiger partial charge on any atom is 0.338 e. The van der Waals surface area contributed by atoms with Crippen molar-refractivity contribution < 1.29 is 24.1 Å². The third kappa shape index (κ3) is 6.24. The first-order valence-corrected chi connectivity index (χ1v) is 10.8. The molecule has 3 aromatic carbocycles. The molecule has 0 bridgehead atoms. The summed E-state index contributed by atoms with van der Waals surface area (Å²) in [7, 11) is 0. The Balaban J connectivity index is 0.00000306. The molecular formula is C25H24Cl2FNO4. The Labute approximate surface area is 202 Å². The fraction of sp³-hybridized carbons (Fsp3) is 0.240. The molecule has 3 aromatic rings. The number of carboxylic acid groups (broad SMARTS) is 1. The number of halogens is 3. The molecule has 5 nitrogen and oxygen atoms in total. The minimum absolute atomic E-state index is 0. The van der Waals surface area contributed by atoms with Gasteiger partial charge in [-0.25, -0.2) is 9.18 Å². The van der Waals surface area contributed by atoms with Gasteiger partial charge >= 0.3 is 5.97 Å². The van der Waals surface area contributed by atoms with Crippen LogP contribution in [0.1, 0.15) is 39.6 Å². The predicted octanol–water partition coefficient (Wildman–Crippen LogP) is 5.57. The average Bonchev–Trinajstić information content (AvgIpc) is 2.78. The standard InChI is InChI=1S/C25H23ClFNO4.ClH/c26-18-3-1-2-16(10-18)24(29)14-28-19-6-4-15-5-7-20(12-17(15)11-19)32-21-8-9-23(27)22(13-21)25(30)31;/h1-3,5,7-10,12-13,19,24,28-29H,4,6,11,14H2,(H,30,31);1H/t19-,24+;/m0./s1. The van der Waals surface area contributed by atoms with Crippen LogP contribution in [0.15, 0.2) is 60.7 Å². The summed E-state index contributed by atoms with van der Waals surface area (Å²) >= 11 is 6.01. The van der Waals surface area contributed by atoms with E-state index in [1.165, 1.54) is 17.7 Å². The van der Waals surface area contributed by atoms with Gasteiger partial charge in [0.05, 0.1) is 11.7 Å². The number of hydrogen-bond donors (Lipinski definition) is 3. The van der Waals surface area contributed by atoms with Crippen molar-refractivity contribution in [3.8, 4) is 11.5 Å².